The Balaban J connectivity index is 1.66. The van der Waals surface area contributed by atoms with E-state index in [1.54, 1.807) is 11.3 Å². The molecular formula is C15H26ClN3S. The highest BCUT2D eigenvalue weighted by molar-refractivity contribution is 7.09. The number of alkyl halides is 1. The smallest absolute Gasteiger partial charge is 0.0929 e. The van der Waals surface area contributed by atoms with Crippen LogP contribution in [0, 0.1) is 0 Å². The van der Waals surface area contributed by atoms with Crippen molar-refractivity contribution in [1.82, 2.24) is 14.8 Å². The van der Waals surface area contributed by atoms with Gasteiger partial charge in [-0.25, -0.2) is 4.98 Å². The molecule has 0 N–H and O–H groups in total. The summed E-state index contributed by atoms with van der Waals surface area (Å²) in [5, 5.41) is 3.31. The van der Waals surface area contributed by atoms with Crippen molar-refractivity contribution in [2.75, 3.05) is 33.2 Å². The molecule has 20 heavy (non-hydrogen) atoms. The van der Waals surface area contributed by atoms with Gasteiger partial charge < -0.3 is 9.80 Å². The van der Waals surface area contributed by atoms with E-state index in [2.05, 4.69) is 34.1 Å². The first kappa shape index (κ1) is 16.2. The molecule has 1 aromatic heterocycles. The maximum Gasteiger partial charge on any atom is 0.0929 e. The van der Waals surface area contributed by atoms with E-state index in [0.29, 0.717) is 5.88 Å². The van der Waals surface area contributed by atoms with E-state index in [0.717, 1.165) is 18.2 Å². The standard InChI is InChI=1S/C15H26ClN3S/c1-3-19-9-6-14(7-10-19)18(2)8-4-5-15-17-13(11-16)12-20-15/h12,14H,3-11H2,1-2H3. The molecule has 0 unspecified atom stereocenters. The zero-order valence-electron chi connectivity index (χ0n) is 12.6. The molecular weight excluding hydrogens is 290 g/mol. The number of thiazole rings is 1. The second-order valence-electron chi connectivity index (χ2n) is 5.62. The minimum atomic E-state index is 0.534. The van der Waals surface area contributed by atoms with Crippen LogP contribution >= 0.6 is 22.9 Å². The summed E-state index contributed by atoms with van der Waals surface area (Å²) in [5.74, 6) is 0.534. The first-order valence-electron chi connectivity index (χ1n) is 7.64. The highest BCUT2D eigenvalue weighted by Crippen LogP contribution is 2.17. The summed E-state index contributed by atoms with van der Waals surface area (Å²) >= 11 is 7.53. The van der Waals surface area contributed by atoms with Gasteiger partial charge in [0.1, 0.15) is 0 Å². The molecule has 1 aliphatic heterocycles. The lowest BCUT2D eigenvalue weighted by molar-refractivity contribution is 0.131. The lowest BCUT2D eigenvalue weighted by Gasteiger charge is -2.36. The molecule has 0 aromatic carbocycles. The average molecular weight is 316 g/mol. The molecule has 1 saturated heterocycles. The van der Waals surface area contributed by atoms with Gasteiger partial charge in [0.25, 0.3) is 0 Å². The van der Waals surface area contributed by atoms with E-state index in [-0.39, 0.29) is 0 Å². The van der Waals surface area contributed by atoms with E-state index in [4.69, 9.17) is 11.6 Å². The second kappa shape index (κ2) is 8.32. The third-order valence-corrected chi connectivity index (χ3v) is 5.50. The van der Waals surface area contributed by atoms with Gasteiger partial charge >= 0.3 is 0 Å². The van der Waals surface area contributed by atoms with Gasteiger partial charge in [0, 0.05) is 17.8 Å². The van der Waals surface area contributed by atoms with Gasteiger partial charge in [-0.05, 0) is 52.5 Å². The van der Waals surface area contributed by atoms with E-state index < -0.39 is 0 Å². The van der Waals surface area contributed by atoms with Crippen molar-refractivity contribution in [3.05, 3.63) is 16.1 Å². The molecule has 0 radical (unpaired) electrons. The third-order valence-electron chi connectivity index (χ3n) is 4.27. The van der Waals surface area contributed by atoms with Crippen LogP contribution in [0.25, 0.3) is 0 Å². The normalized spacial score (nSPS) is 18.0. The van der Waals surface area contributed by atoms with Crippen molar-refractivity contribution in [1.29, 1.82) is 0 Å². The topological polar surface area (TPSA) is 19.4 Å². The largest absolute Gasteiger partial charge is 0.303 e. The summed E-state index contributed by atoms with van der Waals surface area (Å²) < 4.78 is 0. The molecule has 2 heterocycles. The number of hydrogen-bond donors (Lipinski definition) is 0. The van der Waals surface area contributed by atoms with Gasteiger partial charge in [-0.1, -0.05) is 6.92 Å². The zero-order chi connectivity index (χ0) is 14.4. The lowest BCUT2D eigenvalue weighted by atomic mass is 10.0. The summed E-state index contributed by atoms with van der Waals surface area (Å²) in [7, 11) is 2.28. The van der Waals surface area contributed by atoms with Crippen LogP contribution in [0.3, 0.4) is 0 Å². The highest BCUT2D eigenvalue weighted by Gasteiger charge is 2.21. The van der Waals surface area contributed by atoms with Crippen LogP contribution in [0.5, 0.6) is 0 Å². The molecule has 0 aliphatic carbocycles. The van der Waals surface area contributed by atoms with Crippen LogP contribution in [0.2, 0.25) is 0 Å². The predicted molar refractivity (Wildman–Crippen MR) is 87.8 cm³/mol. The van der Waals surface area contributed by atoms with Crippen LogP contribution < -0.4 is 0 Å². The number of aromatic nitrogens is 1. The van der Waals surface area contributed by atoms with Crippen molar-refractivity contribution in [2.45, 2.75) is 44.5 Å². The first-order chi connectivity index (χ1) is 9.72. The van der Waals surface area contributed by atoms with Crippen LogP contribution in [0.15, 0.2) is 5.38 Å². The van der Waals surface area contributed by atoms with Gasteiger partial charge in [-0.3, -0.25) is 0 Å². The molecule has 1 fully saturated rings. The average Bonchev–Trinajstić information content (AvgIpc) is 2.95. The first-order valence-corrected chi connectivity index (χ1v) is 9.06. The number of hydrogen-bond acceptors (Lipinski definition) is 4. The molecule has 0 atom stereocenters. The van der Waals surface area contributed by atoms with E-state index >= 15 is 0 Å². The summed E-state index contributed by atoms with van der Waals surface area (Å²) in [6.45, 7) is 7.15. The van der Waals surface area contributed by atoms with Crippen molar-refractivity contribution in [3.63, 3.8) is 0 Å². The number of likely N-dealkylation sites (tertiary alicyclic amines) is 1. The Labute approximate surface area is 131 Å². The fourth-order valence-electron chi connectivity index (χ4n) is 2.86. The monoisotopic (exact) mass is 315 g/mol. The number of nitrogens with zero attached hydrogens (tertiary/aromatic N) is 3. The van der Waals surface area contributed by atoms with Crippen molar-refractivity contribution >= 4 is 22.9 Å². The van der Waals surface area contributed by atoms with Crippen molar-refractivity contribution < 1.29 is 0 Å². The summed E-state index contributed by atoms with van der Waals surface area (Å²) in [6, 6.07) is 0.771. The predicted octanol–water partition coefficient (Wildman–Crippen LogP) is 3.23. The van der Waals surface area contributed by atoms with E-state index in [1.807, 2.05) is 0 Å². The maximum absolute atomic E-state index is 5.78. The highest BCUT2D eigenvalue weighted by atomic mass is 35.5. The SMILES string of the molecule is CCN1CCC(N(C)CCCc2nc(CCl)cs2)CC1. The Kier molecular flexibility index (Phi) is 6.75. The summed E-state index contributed by atoms with van der Waals surface area (Å²) in [4.78, 5) is 9.61. The molecule has 0 amide bonds. The maximum atomic E-state index is 5.78. The quantitative estimate of drug-likeness (QED) is 0.720. The molecule has 3 nitrogen and oxygen atoms in total. The fourth-order valence-corrected chi connectivity index (χ4v) is 3.93. The second-order valence-corrected chi connectivity index (χ2v) is 6.83. The third kappa shape index (κ3) is 4.69. The number of rotatable bonds is 7. The molecule has 0 saturated carbocycles. The Hall–Kier alpha value is -0.160. The van der Waals surface area contributed by atoms with E-state index in [1.165, 1.54) is 50.4 Å². The van der Waals surface area contributed by atoms with Crippen molar-refractivity contribution in [2.24, 2.45) is 0 Å². The number of halogens is 1. The zero-order valence-corrected chi connectivity index (χ0v) is 14.2. The summed E-state index contributed by atoms with van der Waals surface area (Å²) in [5.41, 5.74) is 1.02. The van der Waals surface area contributed by atoms with Gasteiger partial charge in [0.15, 0.2) is 0 Å². The fraction of sp³-hybridized carbons (Fsp3) is 0.800. The minimum absolute atomic E-state index is 0.534. The molecule has 0 bridgehead atoms. The van der Waals surface area contributed by atoms with Gasteiger partial charge in [-0.2, -0.15) is 0 Å². The van der Waals surface area contributed by atoms with Crippen molar-refractivity contribution in [3.8, 4) is 0 Å². The Morgan fingerprint density at radius 2 is 2.20 bits per heavy atom. The molecule has 2 rings (SSSR count). The minimum Gasteiger partial charge on any atom is -0.303 e. The summed E-state index contributed by atoms with van der Waals surface area (Å²) in [6.07, 6.45) is 4.91. The van der Waals surface area contributed by atoms with Crippen LogP contribution in [0.4, 0.5) is 0 Å². The van der Waals surface area contributed by atoms with Crippen LogP contribution in [0.1, 0.15) is 36.9 Å². The lowest BCUT2D eigenvalue weighted by Crippen LogP contribution is -2.43. The number of aryl methyl sites for hydroxylation is 1. The van der Waals surface area contributed by atoms with Gasteiger partial charge in [0.2, 0.25) is 0 Å². The number of piperidine rings is 1. The molecule has 5 heteroatoms. The van der Waals surface area contributed by atoms with Crippen LogP contribution in [-0.2, 0) is 12.3 Å². The molecule has 1 aliphatic rings. The van der Waals surface area contributed by atoms with Gasteiger partial charge in [0.05, 0.1) is 16.6 Å². The molecule has 1 aromatic rings. The Morgan fingerprint density at radius 1 is 1.45 bits per heavy atom. The Bertz CT molecular complexity index is 388. The molecule has 114 valence electrons. The van der Waals surface area contributed by atoms with E-state index in [9.17, 15) is 0 Å². The Morgan fingerprint density at radius 3 is 2.80 bits per heavy atom. The van der Waals surface area contributed by atoms with Crippen LogP contribution in [-0.4, -0.2) is 54.1 Å². The molecule has 0 spiro atoms. The van der Waals surface area contributed by atoms with Gasteiger partial charge in [-0.15, -0.1) is 22.9 Å².